The van der Waals surface area contributed by atoms with Crippen molar-refractivity contribution in [2.45, 2.75) is 12.8 Å². The fourth-order valence-corrected chi connectivity index (χ4v) is 3.49. The molecule has 0 saturated carbocycles. The number of nitrogens with zero attached hydrogens (tertiary/aromatic N) is 3. The molecule has 2 heterocycles. The van der Waals surface area contributed by atoms with E-state index in [1.165, 1.54) is 10.9 Å². The highest BCUT2D eigenvalue weighted by Crippen LogP contribution is 2.35. The number of para-hydroxylation sites is 1. The average molecular weight is 411 g/mol. The highest BCUT2D eigenvalue weighted by Gasteiger charge is 2.24. The van der Waals surface area contributed by atoms with E-state index in [1.54, 1.807) is 30.2 Å². The Labute approximate surface area is 172 Å². The summed E-state index contributed by atoms with van der Waals surface area (Å²) in [5, 5.41) is 7.35. The third-order valence-electron chi connectivity index (χ3n) is 4.74. The van der Waals surface area contributed by atoms with Crippen LogP contribution in [0.3, 0.4) is 0 Å². The number of hydrogen-bond donors (Lipinski definition) is 1. The van der Waals surface area contributed by atoms with Gasteiger partial charge in [-0.25, -0.2) is 0 Å². The summed E-state index contributed by atoms with van der Waals surface area (Å²) in [4.78, 5) is 26.4. The zero-order chi connectivity index (χ0) is 20.4. The largest absolute Gasteiger partial charge is 0.494 e. The summed E-state index contributed by atoms with van der Waals surface area (Å²) < 4.78 is 6.71. The van der Waals surface area contributed by atoms with Gasteiger partial charge in [0.15, 0.2) is 0 Å². The topological polar surface area (TPSA) is 76.5 Å². The van der Waals surface area contributed by atoms with Crippen molar-refractivity contribution in [2.75, 3.05) is 23.9 Å². The number of hydrogen-bond acceptors (Lipinski definition) is 5. The molecule has 1 N–H and O–H groups in total. The second-order valence-corrected chi connectivity index (χ2v) is 6.96. The van der Waals surface area contributed by atoms with Crippen molar-refractivity contribution < 1.29 is 9.53 Å². The SMILES string of the molecule is COc1cc(Nc2cnn(-c3ccccc3)c(=O)c2Cl)ccc1N1CCCC1=O. The van der Waals surface area contributed by atoms with Gasteiger partial charge < -0.3 is 15.0 Å². The number of halogens is 1. The highest BCUT2D eigenvalue weighted by molar-refractivity contribution is 6.33. The van der Waals surface area contributed by atoms with Gasteiger partial charge in [0.2, 0.25) is 5.91 Å². The number of carbonyl (C=O) groups is 1. The van der Waals surface area contributed by atoms with Crippen molar-refractivity contribution in [3.8, 4) is 11.4 Å². The molecule has 8 heteroatoms. The van der Waals surface area contributed by atoms with Gasteiger partial charge >= 0.3 is 0 Å². The molecule has 29 heavy (non-hydrogen) atoms. The second-order valence-electron chi connectivity index (χ2n) is 6.59. The van der Waals surface area contributed by atoms with Gasteiger partial charge in [0.25, 0.3) is 5.56 Å². The lowest BCUT2D eigenvalue weighted by atomic mass is 10.2. The van der Waals surface area contributed by atoms with Gasteiger partial charge in [0, 0.05) is 24.7 Å². The predicted molar refractivity (Wildman–Crippen MR) is 113 cm³/mol. The summed E-state index contributed by atoms with van der Waals surface area (Å²) in [6.45, 7) is 0.676. The lowest BCUT2D eigenvalue weighted by Gasteiger charge is -2.20. The third kappa shape index (κ3) is 3.69. The summed E-state index contributed by atoms with van der Waals surface area (Å²) in [7, 11) is 1.55. The van der Waals surface area contributed by atoms with Gasteiger partial charge in [-0.15, -0.1) is 0 Å². The highest BCUT2D eigenvalue weighted by atomic mass is 35.5. The zero-order valence-electron chi connectivity index (χ0n) is 15.8. The Morgan fingerprint density at radius 3 is 2.62 bits per heavy atom. The number of rotatable bonds is 5. The monoisotopic (exact) mass is 410 g/mol. The molecular weight excluding hydrogens is 392 g/mol. The quantitative estimate of drug-likeness (QED) is 0.693. The molecule has 0 aliphatic carbocycles. The van der Waals surface area contributed by atoms with Gasteiger partial charge in [-0.05, 0) is 30.7 Å². The van der Waals surface area contributed by atoms with E-state index in [-0.39, 0.29) is 10.9 Å². The van der Waals surface area contributed by atoms with Crippen molar-refractivity contribution in [3.05, 3.63) is 70.1 Å². The zero-order valence-corrected chi connectivity index (χ0v) is 16.5. The number of ether oxygens (including phenoxy) is 1. The maximum Gasteiger partial charge on any atom is 0.292 e. The number of anilines is 3. The second kappa shape index (κ2) is 7.97. The molecule has 7 nitrogen and oxygen atoms in total. The predicted octanol–water partition coefficient (Wildman–Crippen LogP) is 3.76. The van der Waals surface area contributed by atoms with Crippen LogP contribution in [0.15, 0.2) is 59.5 Å². The van der Waals surface area contributed by atoms with Crippen molar-refractivity contribution in [1.82, 2.24) is 9.78 Å². The molecule has 1 fully saturated rings. The Kier molecular flexibility index (Phi) is 5.22. The molecule has 148 valence electrons. The standard InChI is InChI=1S/C21H19ClN4O3/c1-29-18-12-14(9-10-17(18)25-11-5-8-19(25)27)24-16-13-23-26(21(28)20(16)22)15-6-3-2-4-7-15/h2-4,6-7,9-10,12-13,24H,5,8,11H2,1H3. The van der Waals surface area contributed by atoms with E-state index >= 15 is 0 Å². The van der Waals surface area contributed by atoms with E-state index in [2.05, 4.69) is 10.4 Å². The average Bonchev–Trinajstić information content (AvgIpc) is 3.17. The van der Waals surface area contributed by atoms with Crippen molar-refractivity contribution in [2.24, 2.45) is 0 Å². The Hall–Kier alpha value is -3.32. The minimum Gasteiger partial charge on any atom is -0.494 e. The number of carbonyl (C=O) groups excluding carboxylic acids is 1. The molecule has 4 rings (SSSR count). The molecule has 0 radical (unpaired) electrons. The van der Waals surface area contributed by atoms with Crippen LogP contribution in [0.1, 0.15) is 12.8 Å². The Morgan fingerprint density at radius 1 is 1.14 bits per heavy atom. The van der Waals surface area contributed by atoms with E-state index in [0.717, 1.165) is 12.1 Å². The fourth-order valence-electron chi connectivity index (χ4n) is 3.31. The van der Waals surface area contributed by atoms with Crippen LogP contribution in [0.2, 0.25) is 5.02 Å². The van der Waals surface area contributed by atoms with E-state index < -0.39 is 5.56 Å². The fraction of sp³-hybridized carbons (Fsp3) is 0.190. The number of aromatic nitrogens is 2. The van der Waals surface area contributed by atoms with E-state index in [4.69, 9.17) is 16.3 Å². The maximum atomic E-state index is 12.6. The van der Waals surface area contributed by atoms with Crippen LogP contribution in [0.25, 0.3) is 5.69 Å². The minimum absolute atomic E-state index is 0.0293. The third-order valence-corrected chi connectivity index (χ3v) is 5.11. The first-order valence-corrected chi connectivity index (χ1v) is 9.55. The Morgan fingerprint density at radius 2 is 1.93 bits per heavy atom. The summed E-state index contributed by atoms with van der Waals surface area (Å²) in [6, 6.07) is 14.4. The van der Waals surface area contributed by atoms with Gasteiger partial charge in [-0.2, -0.15) is 9.78 Å². The Bertz CT molecular complexity index is 1110. The smallest absolute Gasteiger partial charge is 0.292 e. The lowest BCUT2D eigenvalue weighted by Crippen LogP contribution is -2.24. The minimum atomic E-state index is -0.422. The van der Waals surface area contributed by atoms with Gasteiger partial charge in [0.1, 0.15) is 10.8 Å². The van der Waals surface area contributed by atoms with E-state index in [0.29, 0.717) is 35.8 Å². The van der Waals surface area contributed by atoms with E-state index in [9.17, 15) is 9.59 Å². The molecule has 1 saturated heterocycles. The summed E-state index contributed by atoms with van der Waals surface area (Å²) in [5.74, 6) is 0.646. The van der Waals surface area contributed by atoms with Gasteiger partial charge in [-0.1, -0.05) is 29.8 Å². The molecule has 0 spiro atoms. The number of amides is 1. The van der Waals surface area contributed by atoms with Crippen molar-refractivity contribution in [1.29, 1.82) is 0 Å². The van der Waals surface area contributed by atoms with Crippen molar-refractivity contribution >= 4 is 34.6 Å². The van der Waals surface area contributed by atoms with Crippen LogP contribution < -0.4 is 20.5 Å². The first-order chi connectivity index (χ1) is 14.1. The molecule has 3 aromatic rings. The molecule has 0 atom stereocenters. The molecule has 2 aromatic carbocycles. The van der Waals surface area contributed by atoms with Gasteiger partial charge in [0.05, 0.1) is 30.4 Å². The number of methoxy groups -OCH3 is 1. The van der Waals surface area contributed by atoms with Crippen LogP contribution in [-0.4, -0.2) is 29.3 Å². The molecule has 1 amide bonds. The normalized spacial score (nSPS) is 13.6. The Balaban J connectivity index is 1.63. The molecule has 1 aliphatic heterocycles. The first-order valence-electron chi connectivity index (χ1n) is 9.17. The van der Waals surface area contributed by atoms with E-state index in [1.807, 2.05) is 30.3 Å². The summed E-state index contributed by atoms with van der Waals surface area (Å²) >= 11 is 6.31. The molecule has 1 aromatic heterocycles. The number of benzene rings is 2. The van der Waals surface area contributed by atoms with Crippen LogP contribution in [0.5, 0.6) is 5.75 Å². The summed E-state index contributed by atoms with van der Waals surface area (Å²) in [5.41, 5.74) is 1.99. The van der Waals surface area contributed by atoms with Gasteiger partial charge in [-0.3, -0.25) is 9.59 Å². The molecule has 0 bridgehead atoms. The van der Waals surface area contributed by atoms with Crippen molar-refractivity contribution in [3.63, 3.8) is 0 Å². The van der Waals surface area contributed by atoms with Crippen LogP contribution in [0.4, 0.5) is 17.1 Å². The van der Waals surface area contributed by atoms with Crippen LogP contribution in [0, 0.1) is 0 Å². The molecule has 1 aliphatic rings. The summed E-state index contributed by atoms with van der Waals surface area (Å²) in [6.07, 6.45) is 2.88. The lowest BCUT2D eigenvalue weighted by molar-refractivity contribution is -0.117. The maximum absolute atomic E-state index is 12.6. The van der Waals surface area contributed by atoms with Crippen LogP contribution >= 0.6 is 11.6 Å². The number of nitrogens with one attached hydrogen (secondary N) is 1. The van der Waals surface area contributed by atoms with Crippen LogP contribution in [-0.2, 0) is 4.79 Å². The molecular formula is C21H19ClN4O3. The first kappa shape index (κ1) is 19.0. The molecule has 0 unspecified atom stereocenters.